The van der Waals surface area contributed by atoms with E-state index in [1.807, 2.05) is 48.5 Å². The zero-order valence-electron chi connectivity index (χ0n) is 17.1. The van der Waals surface area contributed by atoms with E-state index in [-0.39, 0.29) is 18.6 Å². The fraction of sp³-hybridized carbons (Fsp3) is 0.261. The summed E-state index contributed by atoms with van der Waals surface area (Å²) in [5.41, 5.74) is 1.65. The van der Waals surface area contributed by atoms with Crippen LogP contribution in [-0.4, -0.2) is 34.4 Å². The standard InChI is InChI=1S/C23H21BrN2O4S2/c24-16-6-8-17(9-7-16)25-21(27)4-2-1-3-11-26-22(28)20(32-23(26)31)13-15-5-10-18-19(12-15)30-14-29-18/h5-10,12-13H,1-4,11,14H2,(H,25,27). The number of thiocarbonyl (C=S) groups is 1. The number of hydrogen-bond donors (Lipinski definition) is 1. The normalized spacial score (nSPS) is 16.2. The average molecular weight is 533 g/mol. The van der Waals surface area contributed by atoms with Crippen LogP contribution in [0.15, 0.2) is 51.8 Å². The number of hydrogen-bond acceptors (Lipinski definition) is 6. The molecule has 2 heterocycles. The quantitative estimate of drug-likeness (QED) is 0.272. The number of carbonyl (C=O) groups is 2. The molecule has 9 heteroatoms. The summed E-state index contributed by atoms with van der Waals surface area (Å²) in [6.45, 7) is 0.768. The van der Waals surface area contributed by atoms with Crippen molar-refractivity contribution >= 4 is 67.8 Å². The highest BCUT2D eigenvalue weighted by molar-refractivity contribution is 9.10. The van der Waals surface area contributed by atoms with E-state index >= 15 is 0 Å². The van der Waals surface area contributed by atoms with E-state index in [0.717, 1.165) is 35.0 Å². The summed E-state index contributed by atoms with van der Waals surface area (Å²) < 4.78 is 12.2. The molecule has 1 N–H and O–H groups in total. The molecule has 4 rings (SSSR count). The molecule has 1 saturated heterocycles. The van der Waals surface area contributed by atoms with E-state index in [2.05, 4.69) is 21.2 Å². The molecule has 0 spiro atoms. The van der Waals surface area contributed by atoms with E-state index in [0.29, 0.717) is 33.7 Å². The van der Waals surface area contributed by atoms with Gasteiger partial charge in [-0.15, -0.1) is 0 Å². The fourth-order valence-corrected chi connectivity index (χ4v) is 4.91. The van der Waals surface area contributed by atoms with Crippen LogP contribution in [0.4, 0.5) is 5.69 Å². The van der Waals surface area contributed by atoms with Crippen LogP contribution in [0.25, 0.3) is 6.08 Å². The largest absolute Gasteiger partial charge is 0.454 e. The van der Waals surface area contributed by atoms with Crippen molar-refractivity contribution in [3.8, 4) is 11.5 Å². The molecule has 32 heavy (non-hydrogen) atoms. The summed E-state index contributed by atoms with van der Waals surface area (Å²) in [7, 11) is 0. The summed E-state index contributed by atoms with van der Waals surface area (Å²) >= 11 is 10.1. The molecule has 0 saturated carbocycles. The summed E-state index contributed by atoms with van der Waals surface area (Å²) in [6.07, 6.45) is 4.65. The molecular formula is C23H21BrN2O4S2. The van der Waals surface area contributed by atoms with Gasteiger partial charge in [-0.25, -0.2) is 0 Å². The zero-order valence-corrected chi connectivity index (χ0v) is 20.4. The van der Waals surface area contributed by atoms with Gasteiger partial charge in [0.15, 0.2) is 11.5 Å². The molecule has 2 aromatic rings. The minimum atomic E-state index is -0.0781. The van der Waals surface area contributed by atoms with Crippen molar-refractivity contribution < 1.29 is 19.1 Å². The van der Waals surface area contributed by atoms with E-state index in [4.69, 9.17) is 21.7 Å². The van der Waals surface area contributed by atoms with E-state index in [1.54, 1.807) is 4.90 Å². The SMILES string of the molecule is O=C(CCCCCN1C(=O)C(=Cc2ccc3c(c2)OCO3)SC1=S)Nc1ccc(Br)cc1. The molecule has 0 aromatic heterocycles. The number of amides is 2. The van der Waals surface area contributed by atoms with Gasteiger partial charge in [0.2, 0.25) is 12.7 Å². The molecule has 166 valence electrons. The maximum atomic E-state index is 12.8. The van der Waals surface area contributed by atoms with Gasteiger partial charge in [0.25, 0.3) is 5.91 Å². The van der Waals surface area contributed by atoms with Crippen molar-refractivity contribution in [2.45, 2.75) is 25.7 Å². The molecule has 2 aliphatic heterocycles. The highest BCUT2D eigenvalue weighted by atomic mass is 79.9. The Morgan fingerprint density at radius 3 is 2.72 bits per heavy atom. The zero-order chi connectivity index (χ0) is 22.5. The number of benzene rings is 2. The van der Waals surface area contributed by atoms with Crippen molar-refractivity contribution in [1.82, 2.24) is 4.90 Å². The van der Waals surface area contributed by atoms with Crippen LogP contribution in [0.1, 0.15) is 31.2 Å². The smallest absolute Gasteiger partial charge is 0.266 e. The Morgan fingerprint density at radius 1 is 1.12 bits per heavy atom. The number of fused-ring (bicyclic) bond motifs is 1. The number of ether oxygens (including phenoxy) is 2. The van der Waals surface area contributed by atoms with Crippen molar-refractivity contribution in [3.63, 3.8) is 0 Å². The predicted octanol–water partition coefficient (Wildman–Crippen LogP) is 5.58. The minimum absolute atomic E-state index is 0.00964. The average Bonchev–Trinajstić information content (AvgIpc) is 3.34. The van der Waals surface area contributed by atoms with Gasteiger partial charge in [-0.1, -0.05) is 52.4 Å². The van der Waals surface area contributed by atoms with Crippen LogP contribution in [0.2, 0.25) is 0 Å². The number of halogens is 1. The summed E-state index contributed by atoms with van der Waals surface area (Å²) in [5, 5.41) is 2.89. The Hall–Kier alpha value is -2.36. The molecule has 0 aliphatic carbocycles. The molecular weight excluding hydrogens is 512 g/mol. The summed E-state index contributed by atoms with van der Waals surface area (Å²) in [4.78, 5) is 27.1. The first-order chi connectivity index (χ1) is 15.5. The number of rotatable bonds is 8. The van der Waals surface area contributed by atoms with Gasteiger partial charge in [-0.3, -0.25) is 14.5 Å². The lowest BCUT2D eigenvalue weighted by Crippen LogP contribution is -2.29. The molecule has 2 amide bonds. The maximum Gasteiger partial charge on any atom is 0.266 e. The van der Waals surface area contributed by atoms with Gasteiger partial charge in [0.05, 0.1) is 4.91 Å². The van der Waals surface area contributed by atoms with Gasteiger partial charge in [0, 0.05) is 23.1 Å². The summed E-state index contributed by atoms with van der Waals surface area (Å²) in [5.74, 6) is 1.30. The Morgan fingerprint density at radius 2 is 1.91 bits per heavy atom. The molecule has 0 unspecified atom stereocenters. The molecule has 0 radical (unpaired) electrons. The lowest BCUT2D eigenvalue weighted by molar-refractivity contribution is -0.122. The molecule has 0 bridgehead atoms. The second-order valence-electron chi connectivity index (χ2n) is 7.31. The number of nitrogens with zero attached hydrogens (tertiary/aromatic N) is 1. The number of anilines is 1. The van der Waals surface area contributed by atoms with Crippen molar-refractivity contribution in [1.29, 1.82) is 0 Å². The fourth-order valence-electron chi connectivity index (χ4n) is 3.34. The lowest BCUT2D eigenvalue weighted by Gasteiger charge is -2.14. The van der Waals surface area contributed by atoms with Gasteiger partial charge in [-0.05, 0) is 60.9 Å². The first kappa shape index (κ1) is 22.8. The highest BCUT2D eigenvalue weighted by Crippen LogP contribution is 2.36. The number of carbonyl (C=O) groups excluding carboxylic acids is 2. The first-order valence-corrected chi connectivity index (χ1v) is 12.2. The molecule has 2 aromatic carbocycles. The van der Waals surface area contributed by atoms with Crippen molar-refractivity contribution in [2.24, 2.45) is 0 Å². The van der Waals surface area contributed by atoms with Crippen LogP contribution in [0, 0.1) is 0 Å². The third kappa shape index (κ3) is 5.70. The van der Waals surface area contributed by atoms with Crippen LogP contribution >= 0.6 is 39.9 Å². The van der Waals surface area contributed by atoms with Gasteiger partial charge < -0.3 is 14.8 Å². The monoisotopic (exact) mass is 532 g/mol. The van der Waals surface area contributed by atoms with Gasteiger partial charge in [0.1, 0.15) is 4.32 Å². The Balaban J connectivity index is 1.22. The minimum Gasteiger partial charge on any atom is -0.454 e. The Labute approximate surface area is 204 Å². The van der Waals surface area contributed by atoms with Crippen molar-refractivity contribution in [2.75, 3.05) is 18.7 Å². The van der Waals surface area contributed by atoms with Crippen LogP contribution < -0.4 is 14.8 Å². The third-order valence-electron chi connectivity index (χ3n) is 4.98. The first-order valence-electron chi connectivity index (χ1n) is 10.2. The van der Waals surface area contributed by atoms with Crippen LogP contribution in [0.3, 0.4) is 0 Å². The third-order valence-corrected chi connectivity index (χ3v) is 6.89. The van der Waals surface area contributed by atoms with Crippen molar-refractivity contribution in [3.05, 3.63) is 57.4 Å². The Bertz CT molecular complexity index is 1070. The topological polar surface area (TPSA) is 67.9 Å². The molecule has 0 atom stereocenters. The lowest BCUT2D eigenvalue weighted by atomic mass is 10.1. The number of nitrogens with one attached hydrogen (secondary N) is 1. The number of thioether (sulfide) groups is 1. The predicted molar refractivity (Wildman–Crippen MR) is 134 cm³/mol. The van der Waals surface area contributed by atoms with Gasteiger partial charge in [-0.2, -0.15) is 0 Å². The highest BCUT2D eigenvalue weighted by Gasteiger charge is 2.31. The van der Waals surface area contributed by atoms with E-state index in [1.165, 1.54) is 11.8 Å². The maximum absolute atomic E-state index is 12.8. The van der Waals surface area contributed by atoms with Crippen LogP contribution in [-0.2, 0) is 9.59 Å². The Kier molecular flexibility index (Phi) is 7.49. The van der Waals surface area contributed by atoms with Crippen LogP contribution in [0.5, 0.6) is 11.5 Å². The second kappa shape index (κ2) is 10.5. The molecule has 1 fully saturated rings. The molecule has 2 aliphatic rings. The number of unbranched alkanes of at least 4 members (excludes halogenated alkanes) is 2. The van der Waals surface area contributed by atoms with Gasteiger partial charge >= 0.3 is 0 Å². The summed E-state index contributed by atoms with van der Waals surface area (Å²) in [6, 6.07) is 13.1. The van der Waals surface area contributed by atoms with E-state index < -0.39 is 0 Å². The molecule has 6 nitrogen and oxygen atoms in total. The second-order valence-corrected chi connectivity index (χ2v) is 9.90. The van der Waals surface area contributed by atoms with E-state index in [9.17, 15) is 9.59 Å².